The first kappa shape index (κ1) is 22.3. The van der Waals surface area contributed by atoms with Gasteiger partial charge >= 0.3 is 0 Å². The second kappa shape index (κ2) is 10.1. The monoisotopic (exact) mass is 449 g/mol. The molecule has 8 nitrogen and oxygen atoms in total. The number of amides is 2. The molecule has 3 aliphatic rings. The number of fused-ring (bicyclic) bond motifs is 1. The van der Waals surface area contributed by atoms with Crippen molar-refractivity contribution in [1.82, 2.24) is 15.3 Å². The Bertz CT molecular complexity index is 788. The number of hydrogen-bond donors (Lipinski definition) is 3. The first-order chi connectivity index (χ1) is 15.0. The van der Waals surface area contributed by atoms with Crippen LogP contribution in [0.3, 0.4) is 0 Å². The predicted octanol–water partition coefficient (Wildman–Crippen LogP) is 2.94. The minimum absolute atomic E-state index is 0.0461. The van der Waals surface area contributed by atoms with Crippen LogP contribution in [0, 0.1) is 17.8 Å². The SMILES string of the molecule is C[C@H](Nc1nccc(NC(=O)CC2CCOCC2)n1)C1CC2CC(Cl)CCC2NC1=O. The molecule has 4 unspecified atom stereocenters. The number of carbonyl (C=O) groups excluding carboxylic acids is 2. The number of hydrogen-bond acceptors (Lipinski definition) is 6. The van der Waals surface area contributed by atoms with Gasteiger partial charge < -0.3 is 20.7 Å². The number of alkyl halides is 1. The first-order valence-corrected chi connectivity index (χ1v) is 11.8. The van der Waals surface area contributed by atoms with Crippen molar-refractivity contribution < 1.29 is 14.3 Å². The number of carbonyl (C=O) groups is 2. The lowest BCUT2D eigenvalue weighted by atomic mass is 9.74. The molecule has 0 spiro atoms. The Balaban J connectivity index is 1.32. The maximum Gasteiger partial charge on any atom is 0.225 e. The van der Waals surface area contributed by atoms with Gasteiger partial charge in [-0.25, -0.2) is 4.98 Å². The van der Waals surface area contributed by atoms with E-state index in [0.717, 1.165) is 51.7 Å². The third-order valence-corrected chi connectivity index (χ3v) is 7.23. The summed E-state index contributed by atoms with van der Waals surface area (Å²) in [4.78, 5) is 33.7. The van der Waals surface area contributed by atoms with E-state index in [9.17, 15) is 9.59 Å². The number of anilines is 2. The second-order valence-electron chi connectivity index (χ2n) is 9.13. The molecule has 31 heavy (non-hydrogen) atoms. The van der Waals surface area contributed by atoms with Gasteiger partial charge in [0, 0.05) is 43.3 Å². The van der Waals surface area contributed by atoms with Gasteiger partial charge in [0.15, 0.2) is 0 Å². The number of aromatic nitrogens is 2. The molecular formula is C22H32ClN5O3. The lowest BCUT2D eigenvalue weighted by Gasteiger charge is -2.42. The van der Waals surface area contributed by atoms with Crippen LogP contribution >= 0.6 is 11.6 Å². The summed E-state index contributed by atoms with van der Waals surface area (Å²) in [6.45, 7) is 3.42. The summed E-state index contributed by atoms with van der Waals surface area (Å²) in [5, 5.41) is 9.51. The molecule has 1 aromatic rings. The third kappa shape index (κ3) is 5.86. The standard InChI is InChI=1S/C22H32ClN5O3/c1-13(17-12-15-11-16(23)2-3-18(15)26-21(17)30)25-22-24-7-4-19(28-22)27-20(29)10-14-5-8-31-9-6-14/h4,7,13-18H,2-3,5-6,8-12H2,1H3,(H,26,30)(H2,24,25,27,28,29)/t13-,15?,16?,17?,18?/m0/s1. The summed E-state index contributed by atoms with van der Waals surface area (Å²) in [5.74, 6) is 1.51. The first-order valence-electron chi connectivity index (χ1n) is 11.4. The van der Waals surface area contributed by atoms with E-state index in [1.165, 1.54) is 0 Å². The minimum atomic E-state index is -0.168. The van der Waals surface area contributed by atoms with Crippen molar-refractivity contribution in [2.24, 2.45) is 17.8 Å². The summed E-state index contributed by atoms with van der Waals surface area (Å²) in [7, 11) is 0. The summed E-state index contributed by atoms with van der Waals surface area (Å²) in [6, 6.07) is 1.79. The Kier molecular flexibility index (Phi) is 7.27. The number of nitrogens with one attached hydrogen (secondary N) is 3. The molecule has 3 N–H and O–H groups in total. The smallest absolute Gasteiger partial charge is 0.225 e. The van der Waals surface area contributed by atoms with Gasteiger partial charge in [0.25, 0.3) is 0 Å². The van der Waals surface area contributed by atoms with E-state index < -0.39 is 0 Å². The van der Waals surface area contributed by atoms with Crippen LogP contribution in [0.15, 0.2) is 12.3 Å². The highest BCUT2D eigenvalue weighted by Gasteiger charge is 2.41. The van der Waals surface area contributed by atoms with Gasteiger partial charge in [0.05, 0.1) is 5.92 Å². The van der Waals surface area contributed by atoms with Crippen molar-refractivity contribution in [3.63, 3.8) is 0 Å². The number of rotatable bonds is 6. The van der Waals surface area contributed by atoms with Crippen LogP contribution in [-0.4, -0.2) is 52.5 Å². The van der Waals surface area contributed by atoms with E-state index in [4.69, 9.17) is 16.3 Å². The van der Waals surface area contributed by atoms with Crippen molar-refractivity contribution in [2.45, 2.75) is 69.3 Å². The maximum atomic E-state index is 12.7. The average Bonchev–Trinajstić information content (AvgIpc) is 2.74. The average molecular weight is 450 g/mol. The van der Waals surface area contributed by atoms with Crippen molar-refractivity contribution >= 4 is 35.2 Å². The van der Waals surface area contributed by atoms with Gasteiger partial charge in [0.2, 0.25) is 17.8 Å². The van der Waals surface area contributed by atoms with Gasteiger partial charge in [-0.2, -0.15) is 4.98 Å². The van der Waals surface area contributed by atoms with Crippen LogP contribution in [0.25, 0.3) is 0 Å². The molecule has 3 heterocycles. The summed E-state index contributed by atoms with van der Waals surface area (Å²) in [6.07, 6.45) is 7.59. The zero-order valence-electron chi connectivity index (χ0n) is 18.0. The molecular weight excluding hydrogens is 418 g/mol. The lowest BCUT2D eigenvalue weighted by molar-refractivity contribution is -0.130. The molecule has 2 aliphatic heterocycles. The molecule has 170 valence electrons. The van der Waals surface area contributed by atoms with Crippen LogP contribution < -0.4 is 16.0 Å². The molecule has 9 heteroatoms. The fourth-order valence-corrected chi connectivity index (χ4v) is 5.37. The van der Waals surface area contributed by atoms with E-state index in [-0.39, 0.29) is 35.2 Å². The van der Waals surface area contributed by atoms with Gasteiger partial charge in [-0.3, -0.25) is 9.59 Å². The fraction of sp³-hybridized carbons (Fsp3) is 0.727. The molecule has 2 saturated heterocycles. The Labute approximate surface area is 188 Å². The quantitative estimate of drug-likeness (QED) is 0.576. The molecule has 2 amide bonds. The molecule has 1 aliphatic carbocycles. The van der Waals surface area contributed by atoms with Crippen molar-refractivity contribution in [1.29, 1.82) is 0 Å². The predicted molar refractivity (Wildman–Crippen MR) is 119 cm³/mol. The summed E-state index contributed by atoms with van der Waals surface area (Å²) >= 11 is 6.36. The summed E-state index contributed by atoms with van der Waals surface area (Å²) < 4.78 is 5.35. The van der Waals surface area contributed by atoms with Crippen molar-refractivity contribution in [2.75, 3.05) is 23.8 Å². The van der Waals surface area contributed by atoms with E-state index in [1.807, 2.05) is 6.92 Å². The summed E-state index contributed by atoms with van der Waals surface area (Å²) in [5.41, 5.74) is 0. The van der Waals surface area contributed by atoms with Gasteiger partial charge in [-0.15, -0.1) is 11.6 Å². The Morgan fingerprint density at radius 1 is 1.29 bits per heavy atom. The molecule has 0 bridgehead atoms. The Morgan fingerprint density at radius 2 is 2.10 bits per heavy atom. The van der Waals surface area contributed by atoms with E-state index in [2.05, 4.69) is 25.9 Å². The number of nitrogens with zero attached hydrogens (tertiary/aromatic N) is 2. The van der Waals surface area contributed by atoms with Crippen molar-refractivity contribution in [3.8, 4) is 0 Å². The fourth-order valence-electron chi connectivity index (χ4n) is 5.02. The Hall–Kier alpha value is -1.93. The van der Waals surface area contributed by atoms with E-state index in [1.54, 1.807) is 12.3 Å². The Morgan fingerprint density at radius 3 is 2.90 bits per heavy atom. The van der Waals surface area contributed by atoms with Gasteiger partial charge in [-0.1, -0.05) is 0 Å². The lowest BCUT2D eigenvalue weighted by Crippen LogP contribution is -2.55. The number of ether oxygens (including phenoxy) is 1. The maximum absolute atomic E-state index is 12.7. The van der Waals surface area contributed by atoms with Crippen LogP contribution in [0.5, 0.6) is 0 Å². The number of piperidine rings is 1. The molecule has 4 rings (SSSR count). The zero-order valence-corrected chi connectivity index (χ0v) is 18.7. The van der Waals surface area contributed by atoms with Crippen molar-refractivity contribution in [3.05, 3.63) is 12.3 Å². The molecule has 5 atom stereocenters. The van der Waals surface area contributed by atoms with E-state index >= 15 is 0 Å². The molecule has 1 saturated carbocycles. The van der Waals surface area contributed by atoms with Crippen LogP contribution in [-0.2, 0) is 14.3 Å². The molecule has 0 radical (unpaired) electrons. The number of halogens is 1. The molecule has 3 fully saturated rings. The molecule has 0 aromatic carbocycles. The zero-order chi connectivity index (χ0) is 21.8. The van der Waals surface area contributed by atoms with E-state index in [0.29, 0.717) is 30.0 Å². The minimum Gasteiger partial charge on any atom is -0.381 e. The van der Waals surface area contributed by atoms with Crippen LogP contribution in [0.1, 0.15) is 51.9 Å². The van der Waals surface area contributed by atoms with Gasteiger partial charge in [-0.05, 0) is 63.4 Å². The third-order valence-electron chi connectivity index (χ3n) is 6.84. The largest absolute Gasteiger partial charge is 0.381 e. The topological polar surface area (TPSA) is 105 Å². The highest BCUT2D eigenvalue weighted by atomic mass is 35.5. The van der Waals surface area contributed by atoms with Gasteiger partial charge in [0.1, 0.15) is 5.82 Å². The second-order valence-corrected chi connectivity index (χ2v) is 9.75. The molecule has 1 aromatic heterocycles. The highest BCUT2D eigenvalue weighted by molar-refractivity contribution is 6.20. The highest BCUT2D eigenvalue weighted by Crippen LogP contribution is 2.36. The van der Waals surface area contributed by atoms with Crippen LogP contribution in [0.2, 0.25) is 0 Å². The van der Waals surface area contributed by atoms with Crippen LogP contribution in [0.4, 0.5) is 11.8 Å². The normalized spacial score (nSPS) is 30.1.